The highest BCUT2D eigenvalue weighted by Gasteiger charge is 2.40. The van der Waals surface area contributed by atoms with E-state index in [0.29, 0.717) is 0 Å². The summed E-state index contributed by atoms with van der Waals surface area (Å²) in [4.78, 5) is 11.7. The molecule has 0 aromatic carbocycles. The first-order chi connectivity index (χ1) is 8.72. The zero-order chi connectivity index (χ0) is 16.4. The minimum Gasteiger partial charge on any atom is -0.412 e. The third-order valence-corrected chi connectivity index (χ3v) is 8.69. The van der Waals surface area contributed by atoms with Gasteiger partial charge in [0.15, 0.2) is 8.32 Å². The van der Waals surface area contributed by atoms with Crippen LogP contribution >= 0.6 is 34.8 Å². The summed E-state index contributed by atoms with van der Waals surface area (Å²) in [6, 6.07) is -0.410. The molecule has 0 fully saturated rings. The summed E-state index contributed by atoms with van der Waals surface area (Å²) in [6.07, 6.45) is 1.34. The molecule has 0 saturated heterocycles. The first-order valence-electron chi connectivity index (χ1n) is 6.40. The Labute approximate surface area is 138 Å². The highest BCUT2D eigenvalue weighted by atomic mass is 35.6. The van der Waals surface area contributed by atoms with Gasteiger partial charge < -0.3 is 9.74 Å². The molecule has 0 unspecified atom stereocenters. The van der Waals surface area contributed by atoms with E-state index in [0.717, 1.165) is 0 Å². The van der Waals surface area contributed by atoms with Crippen molar-refractivity contribution in [2.75, 3.05) is 0 Å². The summed E-state index contributed by atoms with van der Waals surface area (Å²) in [7, 11) is -1.94. The van der Waals surface area contributed by atoms with Gasteiger partial charge in [-0.1, -0.05) is 61.7 Å². The number of nitrogens with one attached hydrogen (secondary N) is 1. The Morgan fingerprint density at radius 2 is 1.75 bits per heavy atom. The van der Waals surface area contributed by atoms with Crippen molar-refractivity contribution in [3.8, 4) is 0 Å². The van der Waals surface area contributed by atoms with Gasteiger partial charge in [-0.25, -0.2) is 0 Å². The quantitative estimate of drug-likeness (QED) is 0.447. The molecule has 0 aromatic rings. The number of hydrogen-bond donors (Lipinski definition) is 1. The highest BCUT2D eigenvalue weighted by molar-refractivity contribution is 6.76. The number of carbonyl (C=O) groups excluding carboxylic acids is 1. The van der Waals surface area contributed by atoms with Crippen LogP contribution in [0.15, 0.2) is 12.7 Å². The van der Waals surface area contributed by atoms with E-state index in [4.69, 9.17) is 39.2 Å². The van der Waals surface area contributed by atoms with Crippen LogP contribution in [-0.2, 0) is 9.22 Å². The molecule has 1 amide bonds. The molecule has 0 bridgehead atoms. The fourth-order valence-corrected chi connectivity index (χ4v) is 2.91. The van der Waals surface area contributed by atoms with Crippen molar-refractivity contribution >= 4 is 49.0 Å². The van der Waals surface area contributed by atoms with Gasteiger partial charge in [-0.05, 0) is 25.1 Å². The van der Waals surface area contributed by atoms with Crippen LogP contribution in [0.2, 0.25) is 18.1 Å². The Balaban J connectivity index is 4.85. The first kappa shape index (κ1) is 20.3. The van der Waals surface area contributed by atoms with Gasteiger partial charge >= 0.3 is 0 Å². The molecule has 20 heavy (non-hydrogen) atoms. The number of carbonyl (C=O) groups is 1. The topological polar surface area (TPSA) is 38.3 Å². The predicted octanol–water partition coefficient (Wildman–Crippen LogP) is 4.44. The summed E-state index contributed by atoms with van der Waals surface area (Å²) >= 11 is 16.6. The largest absolute Gasteiger partial charge is 0.412 e. The van der Waals surface area contributed by atoms with E-state index in [1.165, 1.54) is 0 Å². The molecule has 0 saturated carbocycles. The number of alkyl halides is 3. The summed E-state index contributed by atoms with van der Waals surface area (Å²) < 4.78 is 4.20. The third kappa shape index (κ3) is 5.94. The van der Waals surface area contributed by atoms with Crippen LogP contribution in [0.5, 0.6) is 0 Å². The maximum absolute atomic E-state index is 11.7. The zero-order valence-corrected chi connectivity index (χ0v) is 16.2. The molecule has 2 atom stereocenters. The fraction of sp³-hybridized carbons (Fsp3) is 0.769. The Morgan fingerprint density at radius 3 is 2.05 bits per heavy atom. The summed E-state index contributed by atoms with van der Waals surface area (Å²) in [6.45, 7) is 16.3. The van der Waals surface area contributed by atoms with E-state index in [9.17, 15) is 4.79 Å². The van der Waals surface area contributed by atoms with Gasteiger partial charge in [0.25, 0.3) is 9.70 Å². The van der Waals surface area contributed by atoms with Crippen LogP contribution in [0.25, 0.3) is 0 Å². The van der Waals surface area contributed by atoms with Crippen molar-refractivity contribution in [2.45, 2.75) is 61.8 Å². The summed E-state index contributed by atoms with van der Waals surface area (Å²) in [5.74, 6) is -0.682. The van der Waals surface area contributed by atoms with Crippen molar-refractivity contribution in [1.29, 1.82) is 0 Å². The molecular formula is C13H24Cl3NO2Si. The van der Waals surface area contributed by atoms with Gasteiger partial charge in [-0.2, -0.15) is 0 Å². The average molecular weight is 361 g/mol. The van der Waals surface area contributed by atoms with Crippen LogP contribution in [0, 0.1) is 0 Å². The molecule has 0 radical (unpaired) electrons. The van der Waals surface area contributed by atoms with Crippen molar-refractivity contribution < 1.29 is 9.22 Å². The van der Waals surface area contributed by atoms with Crippen LogP contribution < -0.4 is 5.32 Å². The first-order valence-corrected chi connectivity index (χ1v) is 10.4. The standard InChI is InChI=1S/C13H24Cl3NO2Si/c1-8-10(17-11(18)13(14,15)16)9(2)19-20(6,7)12(3,4)5/h8-10H,1H2,2-7H3,(H,17,18)/t9-,10+/m0/s1. The van der Waals surface area contributed by atoms with Crippen molar-refractivity contribution in [3.63, 3.8) is 0 Å². The highest BCUT2D eigenvalue weighted by Crippen LogP contribution is 2.37. The van der Waals surface area contributed by atoms with Gasteiger partial charge in [0.05, 0.1) is 12.1 Å². The number of rotatable bonds is 5. The van der Waals surface area contributed by atoms with Gasteiger partial charge in [0.2, 0.25) is 0 Å². The molecule has 118 valence electrons. The third-order valence-electron chi connectivity index (χ3n) is 3.60. The monoisotopic (exact) mass is 359 g/mol. The normalized spacial score (nSPS) is 16.4. The minimum atomic E-state index is -1.99. The molecule has 0 spiro atoms. The van der Waals surface area contributed by atoms with Gasteiger partial charge in [-0.3, -0.25) is 4.79 Å². The second kappa shape index (κ2) is 7.01. The Kier molecular flexibility index (Phi) is 7.10. The van der Waals surface area contributed by atoms with E-state index >= 15 is 0 Å². The average Bonchev–Trinajstić information content (AvgIpc) is 2.21. The van der Waals surface area contributed by atoms with Crippen molar-refractivity contribution in [1.82, 2.24) is 5.32 Å². The van der Waals surface area contributed by atoms with Crippen molar-refractivity contribution in [3.05, 3.63) is 12.7 Å². The molecular weight excluding hydrogens is 337 g/mol. The fourth-order valence-electron chi connectivity index (χ4n) is 1.32. The van der Waals surface area contributed by atoms with E-state index < -0.39 is 24.1 Å². The molecule has 0 heterocycles. The van der Waals surface area contributed by atoms with Crippen LogP contribution in [-0.4, -0.2) is 30.2 Å². The maximum Gasteiger partial charge on any atom is 0.272 e. The number of hydrogen-bond acceptors (Lipinski definition) is 2. The molecule has 0 rings (SSSR count). The molecule has 7 heteroatoms. The van der Waals surface area contributed by atoms with Crippen LogP contribution in [0.4, 0.5) is 0 Å². The Hall–Kier alpha value is 0.257. The maximum atomic E-state index is 11.7. The van der Waals surface area contributed by atoms with E-state index in [1.54, 1.807) is 6.08 Å². The SMILES string of the molecule is C=C[C@@H](NC(=O)C(Cl)(Cl)Cl)[C@H](C)O[Si](C)(C)C(C)(C)C. The Morgan fingerprint density at radius 1 is 1.30 bits per heavy atom. The smallest absolute Gasteiger partial charge is 0.272 e. The summed E-state index contributed by atoms with van der Waals surface area (Å²) in [5, 5.41) is 2.70. The molecule has 0 aliphatic carbocycles. The summed E-state index contributed by atoms with van der Waals surface area (Å²) in [5.41, 5.74) is 0. The lowest BCUT2D eigenvalue weighted by atomic mass is 10.2. The predicted molar refractivity (Wildman–Crippen MR) is 90.2 cm³/mol. The zero-order valence-electron chi connectivity index (χ0n) is 12.9. The molecule has 1 N–H and O–H groups in total. The van der Waals surface area contributed by atoms with E-state index in [-0.39, 0.29) is 11.1 Å². The lowest BCUT2D eigenvalue weighted by Crippen LogP contribution is -2.51. The lowest BCUT2D eigenvalue weighted by molar-refractivity contribution is -0.121. The second-order valence-electron chi connectivity index (χ2n) is 6.32. The minimum absolute atomic E-state index is 0.0756. The van der Waals surface area contributed by atoms with E-state index in [1.807, 2.05) is 6.92 Å². The molecule has 0 aliphatic heterocycles. The van der Waals surface area contributed by atoms with Crippen LogP contribution in [0.1, 0.15) is 27.7 Å². The van der Waals surface area contributed by atoms with Gasteiger partial charge in [0.1, 0.15) is 0 Å². The van der Waals surface area contributed by atoms with Gasteiger partial charge in [-0.15, -0.1) is 6.58 Å². The molecule has 3 nitrogen and oxygen atoms in total. The molecule has 0 aliphatic rings. The Bertz CT molecular complexity index is 362. The van der Waals surface area contributed by atoms with Crippen molar-refractivity contribution in [2.24, 2.45) is 0 Å². The molecule has 0 aromatic heterocycles. The lowest BCUT2D eigenvalue weighted by Gasteiger charge is -2.40. The van der Waals surface area contributed by atoms with E-state index in [2.05, 4.69) is 45.8 Å². The van der Waals surface area contributed by atoms with Crippen LogP contribution in [0.3, 0.4) is 0 Å². The number of amides is 1. The van der Waals surface area contributed by atoms with Gasteiger partial charge in [0, 0.05) is 0 Å². The number of halogens is 3. The second-order valence-corrected chi connectivity index (χ2v) is 13.4.